The number of aryl methyl sites for hydroxylation is 1. The van der Waals surface area contributed by atoms with Crippen LogP contribution in [0.25, 0.3) is 10.9 Å². The third-order valence-corrected chi connectivity index (χ3v) is 8.26. The van der Waals surface area contributed by atoms with E-state index in [0.29, 0.717) is 24.6 Å². The van der Waals surface area contributed by atoms with Crippen LogP contribution in [-0.2, 0) is 21.2 Å². The maximum absolute atomic E-state index is 13.4. The predicted octanol–water partition coefficient (Wildman–Crippen LogP) is 3.91. The van der Waals surface area contributed by atoms with E-state index in [1.165, 1.54) is 16.4 Å². The number of fused-ring (bicyclic) bond motifs is 1. The number of hydrogen-bond acceptors (Lipinski definition) is 5. The van der Waals surface area contributed by atoms with Gasteiger partial charge in [-0.25, -0.2) is 8.42 Å². The van der Waals surface area contributed by atoms with E-state index < -0.39 is 16.0 Å². The van der Waals surface area contributed by atoms with E-state index in [-0.39, 0.29) is 34.8 Å². The highest BCUT2D eigenvalue weighted by Gasteiger charge is 2.40. The van der Waals surface area contributed by atoms with Gasteiger partial charge in [0.15, 0.2) is 0 Å². The first-order chi connectivity index (χ1) is 15.6. The zero-order valence-electron chi connectivity index (χ0n) is 18.7. The van der Waals surface area contributed by atoms with Crippen LogP contribution in [0.4, 0.5) is 0 Å². The Morgan fingerprint density at radius 2 is 2.00 bits per heavy atom. The molecule has 4 rings (SSSR count). The minimum absolute atomic E-state index is 0.0354. The van der Waals surface area contributed by atoms with Crippen molar-refractivity contribution in [2.45, 2.75) is 38.1 Å². The number of carboxylic acid groups (broad SMARTS) is 1. The number of halogens is 1. The van der Waals surface area contributed by atoms with Gasteiger partial charge in [0.2, 0.25) is 10.0 Å². The molecular formula is C23H26ClN3O5S. The highest BCUT2D eigenvalue weighted by Crippen LogP contribution is 2.37. The Morgan fingerprint density at radius 3 is 2.67 bits per heavy atom. The molecule has 33 heavy (non-hydrogen) atoms. The molecule has 2 aromatic carbocycles. The highest BCUT2D eigenvalue weighted by molar-refractivity contribution is 7.89. The number of carboxylic acids is 1. The van der Waals surface area contributed by atoms with Crippen molar-refractivity contribution in [1.82, 2.24) is 14.1 Å². The molecule has 2 heterocycles. The van der Waals surface area contributed by atoms with Gasteiger partial charge in [0.05, 0.1) is 35.3 Å². The van der Waals surface area contributed by atoms with Crippen LogP contribution in [-0.4, -0.2) is 53.3 Å². The second-order valence-corrected chi connectivity index (χ2v) is 10.7. The monoisotopic (exact) mass is 491 g/mol. The molecule has 1 aromatic heterocycles. The van der Waals surface area contributed by atoms with Gasteiger partial charge >= 0.3 is 5.97 Å². The molecular weight excluding hydrogens is 466 g/mol. The molecule has 1 aliphatic rings. The fraction of sp³-hybridized carbons (Fsp3) is 0.391. The summed E-state index contributed by atoms with van der Waals surface area (Å²) in [5.74, 6) is -0.489. The molecule has 0 spiro atoms. The molecule has 1 fully saturated rings. The van der Waals surface area contributed by atoms with E-state index in [1.54, 1.807) is 10.7 Å². The molecule has 0 saturated carbocycles. The molecule has 1 saturated heterocycles. The second kappa shape index (κ2) is 8.96. The van der Waals surface area contributed by atoms with E-state index in [4.69, 9.17) is 16.3 Å². The largest absolute Gasteiger partial charge is 0.494 e. The van der Waals surface area contributed by atoms with E-state index in [1.807, 2.05) is 39.0 Å². The average Bonchev–Trinajstić information content (AvgIpc) is 3.28. The highest BCUT2D eigenvalue weighted by atomic mass is 35.5. The molecule has 1 N–H and O–H groups in total. The van der Waals surface area contributed by atoms with E-state index in [2.05, 4.69) is 5.10 Å². The summed E-state index contributed by atoms with van der Waals surface area (Å²) in [7, 11) is -3.84. The number of benzene rings is 2. The summed E-state index contributed by atoms with van der Waals surface area (Å²) in [6, 6.07) is 10.1. The van der Waals surface area contributed by atoms with Crippen LogP contribution in [0.3, 0.4) is 0 Å². The van der Waals surface area contributed by atoms with Gasteiger partial charge in [0, 0.05) is 24.5 Å². The lowest BCUT2D eigenvalue weighted by atomic mass is 10.1. The lowest BCUT2D eigenvalue weighted by Crippen LogP contribution is -2.29. The molecule has 0 unspecified atom stereocenters. The van der Waals surface area contributed by atoms with Crippen LogP contribution in [0.2, 0.25) is 5.02 Å². The molecule has 0 aliphatic carbocycles. The van der Waals surface area contributed by atoms with Gasteiger partial charge in [-0.1, -0.05) is 30.7 Å². The zero-order valence-corrected chi connectivity index (χ0v) is 20.2. The Kier molecular flexibility index (Phi) is 6.39. The Balaban J connectivity index is 1.69. The van der Waals surface area contributed by atoms with Gasteiger partial charge in [0.1, 0.15) is 10.6 Å². The number of ether oxygens (including phenoxy) is 1. The van der Waals surface area contributed by atoms with Crippen LogP contribution in [0.1, 0.15) is 31.1 Å². The fourth-order valence-electron chi connectivity index (χ4n) is 4.35. The number of aliphatic carboxylic acids is 1. The number of aromatic nitrogens is 2. The van der Waals surface area contributed by atoms with Crippen molar-refractivity contribution in [3.8, 4) is 5.75 Å². The number of rotatable bonds is 7. The molecule has 10 heteroatoms. The first-order valence-corrected chi connectivity index (χ1v) is 12.6. The minimum Gasteiger partial charge on any atom is -0.494 e. The Bertz CT molecular complexity index is 1320. The van der Waals surface area contributed by atoms with Gasteiger partial charge < -0.3 is 9.84 Å². The first kappa shape index (κ1) is 23.5. The van der Waals surface area contributed by atoms with Crippen molar-refractivity contribution in [3.05, 3.63) is 52.7 Å². The van der Waals surface area contributed by atoms with Gasteiger partial charge in [-0.05, 0) is 43.5 Å². The molecule has 0 bridgehead atoms. The topological polar surface area (TPSA) is 102 Å². The summed E-state index contributed by atoms with van der Waals surface area (Å²) in [5, 5.41) is 14.8. The summed E-state index contributed by atoms with van der Waals surface area (Å²) in [6.45, 7) is 6.74. The predicted molar refractivity (Wildman–Crippen MR) is 125 cm³/mol. The molecule has 176 valence electrons. The zero-order chi connectivity index (χ0) is 23.9. The van der Waals surface area contributed by atoms with Crippen molar-refractivity contribution >= 4 is 38.5 Å². The first-order valence-electron chi connectivity index (χ1n) is 10.7. The Morgan fingerprint density at radius 1 is 1.24 bits per heavy atom. The van der Waals surface area contributed by atoms with Crippen molar-refractivity contribution in [2.24, 2.45) is 5.92 Å². The quantitative estimate of drug-likeness (QED) is 0.537. The number of carbonyl (C=O) groups is 1. The van der Waals surface area contributed by atoms with E-state index in [0.717, 1.165) is 16.5 Å². The number of nitrogens with zero attached hydrogens (tertiary/aromatic N) is 3. The van der Waals surface area contributed by atoms with E-state index in [9.17, 15) is 18.3 Å². The lowest BCUT2D eigenvalue weighted by molar-refractivity contribution is -0.136. The van der Waals surface area contributed by atoms with Crippen LogP contribution in [0.15, 0.2) is 41.3 Å². The summed E-state index contributed by atoms with van der Waals surface area (Å²) in [4.78, 5) is 11.4. The third kappa shape index (κ3) is 4.45. The van der Waals surface area contributed by atoms with Crippen molar-refractivity contribution in [2.75, 3.05) is 19.7 Å². The molecule has 8 nitrogen and oxygen atoms in total. The maximum Gasteiger partial charge on any atom is 0.309 e. The van der Waals surface area contributed by atoms with Gasteiger partial charge in [-0.15, -0.1) is 0 Å². The van der Waals surface area contributed by atoms with Gasteiger partial charge in [0.25, 0.3) is 0 Å². The standard InChI is InChI=1S/C23H26ClN3O5S/c1-4-32-16-6-8-22(18(24)10-16)33(30,31)26-12-15(3)21(13-26)27-20-9-14(2)5-7-17(20)19(25-27)11-23(28)29/h5-10,15,21H,4,11-13H2,1-3H3,(H,28,29)/t15-,21+/m1/s1. The summed E-state index contributed by atoms with van der Waals surface area (Å²) in [5.41, 5.74) is 2.30. The number of sulfonamides is 1. The van der Waals surface area contributed by atoms with Crippen molar-refractivity contribution < 1.29 is 23.1 Å². The normalized spacial score (nSPS) is 19.3. The SMILES string of the molecule is CCOc1ccc(S(=O)(=O)N2C[C@@H](C)[C@@H](n3nc(CC(=O)O)c4ccc(C)cc43)C2)c(Cl)c1. The summed E-state index contributed by atoms with van der Waals surface area (Å²) >= 11 is 6.31. The number of hydrogen-bond donors (Lipinski definition) is 1. The minimum atomic E-state index is -3.84. The van der Waals surface area contributed by atoms with Crippen LogP contribution < -0.4 is 4.74 Å². The fourth-order valence-corrected chi connectivity index (χ4v) is 6.41. The molecule has 1 aliphatic heterocycles. The van der Waals surface area contributed by atoms with Crippen LogP contribution in [0, 0.1) is 12.8 Å². The van der Waals surface area contributed by atoms with Crippen molar-refractivity contribution in [3.63, 3.8) is 0 Å². The van der Waals surface area contributed by atoms with Crippen LogP contribution >= 0.6 is 11.6 Å². The van der Waals surface area contributed by atoms with Crippen molar-refractivity contribution in [1.29, 1.82) is 0 Å². The maximum atomic E-state index is 13.4. The van der Waals surface area contributed by atoms with E-state index >= 15 is 0 Å². The summed E-state index contributed by atoms with van der Waals surface area (Å²) < 4.78 is 35.4. The molecule has 0 amide bonds. The van der Waals surface area contributed by atoms with Gasteiger partial charge in [-0.2, -0.15) is 9.40 Å². The molecule has 0 radical (unpaired) electrons. The Labute approximate surface area is 197 Å². The van der Waals surface area contributed by atoms with Crippen LogP contribution in [0.5, 0.6) is 5.75 Å². The third-order valence-electron chi connectivity index (χ3n) is 5.94. The Hall–Kier alpha value is -2.62. The lowest BCUT2D eigenvalue weighted by Gasteiger charge is -2.18. The summed E-state index contributed by atoms with van der Waals surface area (Å²) in [6.07, 6.45) is -0.197. The van der Waals surface area contributed by atoms with Gasteiger partial charge in [-0.3, -0.25) is 9.48 Å². The second-order valence-electron chi connectivity index (χ2n) is 8.37. The smallest absolute Gasteiger partial charge is 0.309 e. The molecule has 3 aromatic rings. The molecule has 2 atom stereocenters. The average molecular weight is 492 g/mol.